The molecule has 1 aliphatic carbocycles. The maximum atomic E-state index is 12.2. The predicted octanol–water partition coefficient (Wildman–Crippen LogP) is 1.28. The van der Waals surface area contributed by atoms with Gasteiger partial charge in [-0.1, -0.05) is 13.8 Å². The van der Waals surface area contributed by atoms with Crippen LogP contribution in [0.5, 0.6) is 0 Å². The normalized spacial score (nSPS) is 32.1. The summed E-state index contributed by atoms with van der Waals surface area (Å²) in [5.74, 6) is 1.05. The summed E-state index contributed by atoms with van der Waals surface area (Å²) in [6, 6.07) is 0. The van der Waals surface area contributed by atoms with Crippen LogP contribution in [0.3, 0.4) is 0 Å². The van der Waals surface area contributed by atoms with Crippen molar-refractivity contribution in [3.8, 4) is 0 Å². The Morgan fingerprint density at radius 2 is 1.88 bits per heavy atom. The highest BCUT2D eigenvalue weighted by atomic mass is 16.5. The van der Waals surface area contributed by atoms with Gasteiger partial charge in [-0.05, 0) is 17.8 Å². The number of carbonyl (C=O) groups is 2. The van der Waals surface area contributed by atoms with Gasteiger partial charge in [0, 0.05) is 11.8 Å². The van der Waals surface area contributed by atoms with E-state index < -0.39 is 0 Å². The number of carbonyl (C=O) groups excluding carboxylic acids is 2. The van der Waals surface area contributed by atoms with E-state index in [-0.39, 0.29) is 30.0 Å². The Morgan fingerprint density at radius 1 is 1.29 bits per heavy atom. The summed E-state index contributed by atoms with van der Waals surface area (Å²) in [6.07, 6.45) is 0.227. The van der Waals surface area contributed by atoms with Crippen molar-refractivity contribution in [1.29, 1.82) is 0 Å². The fourth-order valence-electron chi connectivity index (χ4n) is 3.00. The first-order valence-corrected chi connectivity index (χ1v) is 6.24. The molecule has 1 saturated heterocycles. The van der Waals surface area contributed by atoms with Crippen molar-refractivity contribution in [2.24, 2.45) is 29.6 Å². The lowest BCUT2D eigenvalue weighted by molar-refractivity contribution is -0.145. The molecular weight excluding hydrogens is 220 g/mol. The minimum atomic E-state index is -0.283. The molecule has 0 aromatic rings. The molecule has 17 heavy (non-hydrogen) atoms. The maximum Gasteiger partial charge on any atom is 0.306 e. The van der Waals surface area contributed by atoms with Gasteiger partial charge in [0.05, 0.1) is 26.7 Å². The van der Waals surface area contributed by atoms with Gasteiger partial charge in [0.25, 0.3) is 0 Å². The lowest BCUT2D eigenvalue weighted by Crippen LogP contribution is -2.27. The summed E-state index contributed by atoms with van der Waals surface area (Å²) in [5.41, 5.74) is 0. The second-order valence-corrected chi connectivity index (χ2v) is 5.39. The van der Waals surface area contributed by atoms with Gasteiger partial charge in [-0.3, -0.25) is 9.59 Å². The number of fused-ring (bicyclic) bond motifs is 1. The third-order valence-corrected chi connectivity index (χ3v) is 4.03. The Bertz CT molecular complexity index is 313. The molecule has 1 heterocycles. The zero-order valence-electron chi connectivity index (χ0n) is 10.6. The van der Waals surface area contributed by atoms with Crippen LogP contribution in [0.4, 0.5) is 0 Å². The Kier molecular flexibility index (Phi) is 3.52. The van der Waals surface area contributed by atoms with Crippen molar-refractivity contribution in [3.05, 3.63) is 0 Å². The molecule has 0 spiro atoms. The van der Waals surface area contributed by atoms with Crippen molar-refractivity contribution in [1.82, 2.24) is 0 Å². The van der Waals surface area contributed by atoms with Gasteiger partial charge < -0.3 is 9.47 Å². The molecule has 1 aliphatic heterocycles. The SMILES string of the molecule is COC(=O)CC(C(=O)C(C)C)C1[C@H]2COC[C@@H]12. The van der Waals surface area contributed by atoms with Crippen LogP contribution in [0.2, 0.25) is 0 Å². The summed E-state index contributed by atoms with van der Waals surface area (Å²) in [4.78, 5) is 23.6. The Balaban J connectivity index is 2.03. The largest absolute Gasteiger partial charge is 0.469 e. The van der Waals surface area contributed by atoms with E-state index in [2.05, 4.69) is 4.74 Å². The van der Waals surface area contributed by atoms with Gasteiger partial charge in [0.15, 0.2) is 0 Å². The Morgan fingerprint density at radius 3 is 2.35 bits per heavy atom. The number of methoxy groups -OCH3 is 1. The number of hydrogen-bond donors (Lipinski definition) is 0. The molecule has 2 aliphatic rings. The van der Waals surface area contributed by atoms with Gasteiger partial charge in [0.1, 0.15) is 5.78 Å². The monoisotopic (exact) mass is 240 g/mol. The van der Waals surface area contributed by atoms with E-state index in [1.165, 1.54) is 7.11 Å². The molecule has 96 valence electrons. The number of ketones is 1. The number of esters is 1. The Hall–Kier alpha value is -0.900. The third kappa shape index (κ3) is 2.37. The average molecular weight is 240 g/mol. The topological polar surface area (TPSA) is 52.6 Å². The van der Waals surface area contributed by atoms with E-state index in [0.29, 0.717) is 17.8 Å². The molecule has 1 saturated carbocycles. The van der Waals surface area contributed by atoms with Crippen molar-refractivity contribution in [2.45, 2.75) is 20.3 Å². The van der Waals surface area contributed by atoms with Crippen LogP contribution < -0.4 is 0 Å². The molecule has 0 amide bonds. The Labute approximate surface area is 102 Å². The molecule has 0 aromatic heterocycles. The second kappa shape index (κ2) is 4.77. The number of ether oxygens (including phenoxy) is 2. The van der Waals surface area contributed by atoms with Crippen molar-refractivity contribution in [2.75, 3.05) is 20.3 Å². The molecule has 0 N–H and O–H groups in total. The van der Waals surface area contributed by atoms with E-state index in [1.807, 2.05) is 13.8 Å². The highest BCUT2D eigenvalue weighted by Gasteiger charge is 2.59. The van der Waals surface area contributed by atoms with Gasteiger partial charge in [-0.15, -0.1) is 0 Å². The quantitative estimate of drug-likeness (QED) is 0.679. The van der Waals surface area contributed by atoms with Crippen LogP contribution >= 0.6 is 0 Å². The summed E-state index contributed by atoms with van der Waals surface area (Å²) >= 11 is 0. The van der Waals surface area contributed by atoms with Crippen LogP contribution in [0.15, 0.2) is 0 Å². The zero-order chi connectivity index (χ0) is 12.6. The lowest BCUT2D eigenvalue weighted by Gasteiger charge is -2.18. The van der Waals surface area contributed by atoms with Crippen molar-refractivity contribution < 1.29 is 19.1 Å². The highest BCUT2D eigenvalue weighted by molar-refractivity contribution is 5.87. The third-order valence-electron chi connectivity index (χ3n) is 4.03. The van der Waals surface area contributed by atoms with Crippen LogP contribution in [0.1, 0.15) is 20.3 Å². The maximum absolute atomic E-state index is 12.2. The number of Topliss-reactive ketones (excluding diaryl/α,β-unsaturated/α-hetero) is 1. The van der Waals surface area contributed by atoms with E-state index in [0.717, 1.165) is 13.2 Å². The summed E-state index contributed by atoms with van der Waals surface area (Å²) in [7, 11) is 1.37. The molecule has 4 heteroatoms. The predicted molar refractivity (Wildman–Crippen MR) is 61.3 cm³/mol. The molecule has 4 atom stereocenters. The summed E-state index contributed by atoms with van der Waals surface area (Å²) in [5, 5.41) is 0. The first-order chi connectivity index (χ1) is 8.06. The van der Waals surface area contributed by atoms with E-state index in [9.17, 15) is 9.59 Å². The highest BCUT2D eigenvalue weighted by Crippen LogP contribution is 2.56. The molecule has 0 radical (unpaired) electrons. The first-order valence-electron chi connectivity index (χ1n) is 6.24. The van der Waals surface area contributed by atoms with Gasteiger partial charge in [-0.2, -0.15) is 0 Å². The fourth-order valence-corrected chi connectivity index (χ4v) is 3.00. The van der Waals surface area contributed by atoms with Crippen LogP contribution in [-0.2, 0) is 19.1 Å². The molecule has 2 fully saturated rings. The lowest BCUT2D eigenvalue weighted by atomic mass is 9.86. The van der Waals surface area contributed by atoms with Gasteiger partial charge >= 0.3 is 5.97 Å². The zero-order valence-corrected chi connectivity index (χ0v) is 10.6. The molecule has 2 rings (SSSR count). The van der Waals surface area contributed by atoms with E-state index in [1.54, 1.807) is 0 Å². The smallest absolute Gasteiger partial charge is 0.306 e. The van der Waals surface area contributed by atoms with Crippen molar-refractivity contribution in [3.63, 3.8) is 0 Å². The summed E-state index contributed by atoms with van der Waals surface area (Å²) < 4.78 is 10.0. The van der Waals surface area contributed by atoms with E-state index >= 15 is 0 Å². The van der Waals surface area contributed by atoms with Gasteiger partial charge in [0.2, 0.25) is 0 Å². The molecule has 0 bridgehead atoms. The van der Waals surface area contributed by atoms with Crippen LogP contribution in [0, 0.1) is 29.6 Å². The van der Waals surface area contributed by atoms with Crippen LogP contribution in [0.25, 0.3) is 0 Å². The number of hydrogen-bond acceptors (Lipinski definition) is 4. The molecule has 4 nitrogen and oxygen atoms in total. The summed E-state index contributed by atoms with van der Waals surface area (Å²) in [6.45, 7) is 5.28. The number of rotatable bonds is 5. The average Bonchev–Trinajstić information content (AvgIpc) is 2.77. The van der Waals surface area contributed by atoms with Crippen molar-refractivity contribution >= 4 is 11.8 Å². The molecular formula is C13H20O4. The van der Waals surface area contributed by atoms with E-state index in [4.69, 9.17) is 4.74 Å². The second-order valence-electron chi connectivity index (χ2n) is 5.39. The molecule has 2 unspecified atom stereocenters. The van der Waals surface area contributed by atoms with Gasteiger partial charge in [-0.25, -0.2) is 0 Å². The first kappa shape index (κ1) is 12.6. The molecule has 0 aromatic carbocycles. The fraction of sp³-hybridized carbons (Fsp3) is 0.846. The minimum absolute atomic E-state index is 0.0214. The minimum Gasteiger partial charge on any atom is -0.469 e. The standard InChI is InChI=1S/C13H20O4/c1-7(2)13(15)8(4-11(14)16-3)12-9-5-17-6-10(9)12/h7-10,12H,4-6H2,1-3H3/t8?,9-,10+,12?. The van der Waals surface area contributed by atoms with Crippen LogP contribution in [-0.4, -0.2) is 32.1 Å².